The van der Waals surface area contributed by atoms with Crippen molar-refractivity contribution >= 4 is 21.6 Å². The van der Waals surface area contributed by atoms with Crippen molar-refractivity contribution in [2.75, 3.05) is 5.32 Å². The topological polar surface area (TPSA) is 102 Å². The van der Waals surface area contributed by atoms with Crippen molar-refractivity contribution in [3.8, 4) is 0 Å². The van der Waals surface area contributed by atoms with Crippen molar-refractivity contribution in [3.05, 3.63) is 47.4 Å². The highest BCUT2D eigenvalue weighted by Gasteiger charge is 2.14. The predicted octanol–water partition coefficient (Wildman–Crippen LogP) is 1.80. The Balaban J connectivity index is 2.27. The monoisotopic (exact) mass is 294 g/mol. The highest BCUT2D eigenvalue weighted by Crippen LogP contribution is 2.18. The van der Waals surface area contributed by atoms with Crippen molar-refractivity contribution in [3.63, 3.8) is 0 Å². The molecule has 1 heterocycles. The van der Waals surface area contributed by atoms with Crippen LogP contribution >= 0.6 is 0 Å². The molecule has 0 fully saturated rings. The number of primary sulfonamides is 1. The summed E-state index contributed by atoms with van der Waals surface area (Å²) in [6, 6.07) is 7.36. The van der Waals surface area contributed by atoms with Crippen LogP contribution in [0.2, 0.25) is 0 Å². The van der Waals surface area contributed by atoms with E-state index in [4.69, 9.17) is 9.56 Å². The van der Waals surface area contributed by atoms with Gasteiger partial charge in [-0.1, -0.05) is 6.07 Å². The van der Waals surface area contributed by atoms with E-state index in [1.165, 1.54) is 18.2 Å². The van der Waals surface area contributed by atoms with Gasteiger partial charge in [-0.05, 0) is 38.1 Å². The number of nitrogens with two attached hydrogens (primary N) is 1. The highest BCUT2D eigenvalue weighted by atomic mass is 32.2. The maximum atomic E-state index is 12.1. The summed E-state index contributed by atoms with van der Waals surface area (Å²) in [5, 5.41) is 7.65. The SMILES string of the molecule is Cc1cc(C(=O)Nc2cccc(S(N)(=O)=O)c2)c(C)o1. The zero-order valence-corrected chi connectivity index (χ0v) is 11.8. The number of hydrogen-bond donors (Lipinski definition) is 2. The third kappa shape index (κ3) is 3.06. The van der Waals surface area contributed by atoms with Gasteiger partial charge in [-0.15, -0.1) is 0 Å². The van der Waals surface area contributed by atoms with Crippen molar-refractivity contribution in [2.24, 2.45) is 5.14 Å². The maximum absolute atomic E-state index is 12.1. The third-order valence-corrected chi connectivity index (χ3v) is 3.62. The van der Waals surface area contributed by atoms with Crippen molar-refractivity contribution in [2.45, 2.75) is 18.7 Å². The molecule has 2 rings (SSSR count). The van der Waals surface area contributed by atoms with Gasteiger partial charge in [-0.3, -0.25) is 4.79 Å². The molecule has 0 unspecified atom stereocenters. The van der Waals surface area contributed by atoms with Crippen LogP contribution in [0, 0.1) is 13.8 Å². The van der Waals surface area contributed by atoms with Gasteiger partial charge in [0.25, 0.3) is 5.91 Å². The van der Waals surface area contributed by atoms with Crippen molar-refractivity contribution < 1.29 is 17.6 Å². The van der Waals surface area contributed by atoms with Gasteiger partial charge in [0.1, 0.15) is 11.5 Å². The van der Waals surface area contributed by atoms with E-state index in [9.17, 15) is 13.2 Å². The summed E-state index contributed by atoms with van der Waals surface area (Å²) in [5.74, 6) is 0.763. The molecule has 0 saturated heterocycles. The molecule has 7 heteroatoms. The highest BCUT2D eigenvalue weighted by molar-refractivity contribution is 7.89. The summed E-state index contributed by atoms with van der Waals surface area (Å²) in [6.45, 7) is 3.42. The number of nitrogens with one attached hydrogen (secondary N) is 1. The summed E-state index contributed by atoms with van der Waals surface area (Å²) < 4.78 is 27.8. The van der Waals surface area contributed by atoms with E-state index < -0.39 is 10.0 Å². The number of benzene rings is 1. The molecular weight excluding hydrogens is 280 g/mol. The lowest BCUT2D eigenvalue weighted by Crippen LogP contribution is -2.15. The van der Waals surface area contributed by atoms with E-state index in [-0.39, 0.29) is 10.8 Å². The van der Waals surface area contributed by atoms with Crippen LogP contribution in [0.25, 0.3) is 0 Å². The zero-order chi connectivity index (χ0) is 14.9. The molecule has 0 atom stereocenters. The molecule has 0 aliphatic rings. The molecule has 0 spiro atoms. The van der Waals surface area contributed by atoms with Gasteiger partial charge in [0.05, 0.1) is 10.5 Å². The molecular formula is C13H14N2O4S. The number of aryl methyl sites for hydroxylation is 2. The number of hydrogen-bond acceptors (Lipinski definition) is 4. The van der Waals surface area contributed by atoms with E-state index >= 15 is 0 Å². The molecule has 6 nitrogen and oxygen atoms in total. The molecule has 2 aromatic rings. The first kappa shape index (κ1) is 14.3. The molecule has 1 amide bonds. The summed E-state index contributed by atoms with van der Waals surface area (Å²) in [4.78, 5) is 12.0. The predicted molar refractivity (Wildman–Crippen MR) is 74.0 cm³/mol. The molecule has 3 N–H and O–H groups in total. The Morgan fingerprint density at radius 1 is 1.25 bits per heavy atom. The lowest BCUT2D eigenvalue weighted by Gasteiger charge is -2.06. The smallest absolute Gasteiger partial charge is 0.259 e. The Labute approximate surface area is 116 Å². The Kier molecular flexibility index (Phi) is 3.65. The van der Waals surface area contributed by atoms with Crippen molar-refractivity contribution in [1.82, 2.24) is 0 Å². The zero-order valence-electron chi connectivity index (χ0n) is 11.0. The van der Waals surface area contributed by atoms with Crippen LogP contribution in [0.15, 0.2) is 39.6 Å². The van der Waals surface area contributed by atoms with Crippen LogP contribution in [-0.2, 0) is 10.0 Å². The number of carbonyl (C=O) groups excluding carboxylic acids is 1. The quantitative estimate of drug-likeness (QED) is 0.900. The fourth-order valence-corrected chi connectivity index (χ4v) is 2.36. The Hall–Kier alpha value is -2.12. The number of amides is 1. The molecule has 0 bridgehead atoms. The van der Waals surface area contributed by atoms with Gasteiger partial charge < -0.3 is 9.73 Å². The first-order valence-corrected chi connectivity index (χ1v) is 7.33. The molecule has 0 radical (unpaired) electrons. The summed E-state index contributed by atoms with van der Waals surface area (Å²) in [7, 11) is -3.80. The molecule has 106 valence electrons. The average Bonchev–Trinajstić information content (AvgIpc) is 2.68. The minimum atomic E-state index is -3.80. The Bertz CT molecular complexity index is 762. The molecule has 1 aromatic heterocycles. The summed E-state index contributed by atoms with van der Waals surface area (Å²) in [5.41, 5.74) is 0.753. The minimum Gasteiger partial charge on any atom is -0.466 e. The Morgan fingerprint density at radius 2 is 1.95 bits per heavy atom. The van der Waals surface area contributed by atoms with Crippen molar-refractivity contribution in [1.29, 1.82) is 0 Å². The lowest BCUT2D eigenvalue weighted by atomic mass is 10.2. The van der Waals surface area contributed by atoms with Crippen LogP contribution in [0.3, 0.4) is 0 Å². The summed E-state index contributed by atoms with van der Waals surface area (Å²) in [6.07, 6.45) is 0. The van der Waals surface area contributed by atoms with Gasteiger partial charge >= 0.3 is 0 Å². The van der Waals surface area contributed by atoms with Gasteiger partial charge in [0.2, 0.25) is 10.0 Å². The first-order chi connectivity index (χ1) is 9.27. The standard InChI is InChI=1S/C13H14N2O4S/c1-8-6-12(9(2)19-8)13(16)15-10-4-3-5-11(7-10)20(14,17)18/h3-7H,1-2H3,(H,15,16)(H2,14,17,18). The molecule has 1 aromatic carbocycles. The number of rotatable bonds is 3. The third-order valence-electron chi connectivity index (χ3n) is 2.71. The second-order valence-corrected chi connectivity index (χ2v) is 5.92. The van der Waals surface area contributed by atoms with Gasteiger partial charge in [-0.2, -0.15) is 0 Å². The fraction of sp³-hybridized carbons (Fsp3) is 0.154. The van der Waals surface area contributed by atoms with E-state index in [1.54, 1.807) is 26.0 Å². The van der Waals surface area contributed by atoms with Crippen LogP contribution in [0.1, 0.15) is 21.9 Å². The number of anilines is 1. The first-order valence-electron chi connectivity index (χ1n) is 5.78. The average molecular weight is 294 g/mol. The van der Waals surface area contributed by atoms with E-state index in [0.717, 1.165) is 0 Å². The van der Waals surface area contributed by atoms with E-state index in [2.05, 4.69) is 5.32 Å². The van der Waals surface area contributed by atoms with Crippen LogP contribution in [-0.4, -0.2) is 14.3 Å². The van der Waals surface area contributed by atoms with Crippen LogP contribution in [0.4, 0.5) is 5.69 Å². The largest absolute Gasteiger partial charge is 0.466 e. The molecule has 0 saturated carbocycles. The summed E-state index contributed by atoms with van der Waals surface area (Å²) >= 11 is 0. The number of furan rings is 1. The lowest BCUT2D eigenvalue weighted by molar-refractivity contribution is 0.102. The van der Waals surface area contributed by atoms with Crippen LogP contribution in [0.5, 0.6) is 0 Å². The van der Waals surface area contributed by atoms with E-state index in [1.807, 2.05) is 0 Å². The van der Waals surface area contributed by atoms with Crippen LogP contribution < -0.4 is 10.5 Å². The van der Waals surface area contributed by atoms with Gasteiger partial charge in [-0.25, -0.2) is 13.6 Å². The molecule has 0 aliphatic carbocycles. The fourth-order valence-electron chi connectivity index (χ4n) is 1.81. The molecule has 0 aliphatic heterocycles. The van der Waals surface area contributed by atoms with Gasteiger partial charge in [0.15, 0.2) is 0 Å². The maximum Gasteiger partial charge on any atom is 0.259 e. The number of sulfonamides is 1. The van der Waals surface area contributed by atoms with Gasteiger partial charge in [0, 0.05) is 5.69 Å². The second kappa shape index (κ2) is 5.10. The normalized spacial score (nSPS) is 11.3. The second-order valence-electron chi connectivity index (χ2n) is 4.35. The van der Waals surface area contributed by atoms with E-state index in [0.29, 0.717) is 22.8 Å². The molecule has 20 heavy (non-hydrogen) atoms. The minimum absolute atomic E-state index is 0.0598. The number of carbonyl (C=O) groups is 1. The Morgan fingerprint density at radius 3 is 2.50 bits per heavy atom.